The van der Waals surface area contributed by atoms with Gasteiger partial charge in [0.1, 0.15) is 17.5 Å². The molecule has 0 aromatic heterocycles. The molecule has 1 aromatic carbocycles. The third kappa shape index (κ3) is 5.96. The molecule has 1 aliphatic rings. The van der Waals surface area contributed by atoms with E-state index in [4.69, 9.17) is 9.47 Å². The number of amides is 3. The van der Waals surface area contributed by atoms with Crippen molar-refractivity contribution in [3.63, 3.8) is 0 Å². The molecule has 162 valence electrons. The number of nitrogens with one attached hydrogen (secondary N) is 2. The van der Waals surface area contributed by atoms with Crippen LogP contribution in [0.4, 0.5) is 32.8 Å². The second-order valence-electron chi connectivity index (χ2n) is 7.53. The van der Waals surface area contributed by atoms with Crippen LogP contribution in [0, 0.1) is 5.82 Å². The molecule has 0 aliphatic carbocycles. The van der Waals surface area contributed by atoms with Gasteiger partial charge in [0.15, 0.2) is 0 Å². The maximum Gasteiger partial charge on any atom is 0.412 e. The van der Waals surface area contributed by atoms with Crippen LogP contribution in [0.1, 0.15) is 32.4 Å². The summed E-state index contributed by atoms with van der Waals surface area (Å²) in [5, 5.41) is 4.13. The van der Waals surface area contributed by atoms with E-state index in [0.29, 0.717) is 0 Å². The molecule has 2 rings (SSSR count). The van der Waals surface area contributed by atoms with E-state index in [0.717, 1.165) is 11.0 Å². The zero-order valence-corrected chi connectivity index (χ0v) is 16.4. The first-order chi connectivity index (χ1) is 13.3. The number of alkyl halides is 3. The van der Waals surface area contributed by atoms with Gasteiger partial charge in [-0.25, -0.2) is 14.0 Å². The fourth-order valence-electron chi connectivity index (χ4n) is 2.79. The van der Waals surface area contributed by atoms with Crippen molar-refractivity contribution in [3.8, 4) is 0 Å². The van der Waals surface area contributed by atoms with Gasteiger partial charge in [0.05, 0.1) is 24.9 Å². The molecule has 1 saturated heterocycles. The number of benzene rings is 1. The summed E-state index contributed by atoms with van der Waals surface area (Å²) >= 11 is 0. The molecule has 0 radical (unpaired) electrons. The highest BCUT2D eigenvalue weighted by Gasteiger charge is 2.48. The average Bonchev–Trinajstić information content (AvgIpc) is 2.95. The number of halogens is 4. The minimum atomic E-state index is -4.60. The number of nitrogens with zero attached hydrogens (tertiary/aromatic N) is 1. The van der Waals surface area contributed by atoms with Gasteiger partial charge in [-0.3, -0.25) is 5.32 Å². The molecule has 1 aliphatic heterocycles. The third-order valence-electron chi connectivity index (χ3n) is 4.05. The largest absolute Gasteiger partial charge is 0.444 e. The van der Waals surface area contributed by atoms with Crippen molar-refractivity contribution in [2.45, 2.75) is 44.6 Å². The fraction of sp³-hybridized carbons (Fsp3) is 0.556. The molecule has 1 fully saturated rings. The van der Waals surface area contributed by atoms with Crippen molar-refractivity contribution >= 4 is 17.8 Å². The summed E-state index contributed by atoms with van der Waals surface area (Å²) in [6, 6.07) is -0.222. The lowest BCUT2D eigenvalue weighted by Gasteiger charge is -2.27. The number of hydrogen-bond acceptors (Lipinski definition) is 4. The molecule has 0 unspecified atom stereocenters. The number of anilines is 1. The van der Waals surface area contributed by atoms with Crippen molar-refractivity contribution in [2.24, 2.45) is 0 Å². The zero-order valence-electron chi connectivity index (χ0n) is 16.4. The SMILES string of the molecule is COC[C@@H](c1ccc(NC(=O)OC(C)(C)C)c(F)c1)N1C[C@@H](C(F)(F)F)NC1=O. The Morgan fingerprint density at radius 2 is 2.00 bits per heavy atom. The molecule has 0 spiro atoms. The van der Waals surface area contributed by atoms with Gasteiger partial charge in [-0.2, -0.15) is 13.2 Å². The number of hydrogen-bond donors (Lipinski definition) is 2. The first-order valence-corrected chi connectivity index (χ1v) is 8.74. The van der Waals surface area contributed by atoms with Gasteiger partial charge in [-0.1, -0.05) is 6.07 Å². The van der Waals surface area contributed by atoms with Crippen molar-refractivity contribution in [2.75, 3.05) is 25.6 Å². The number of ether oxygens (including phenoxy) is 2. The molecular formula is C18H23F4N3O4. The monoisotopic (exact) mass is 421 g/mol. The Hall–Kier alpha value is -2.56. The summed E-state index contributed by atoms with van der Waals surface area (Å²) in [4.78, 5) is 24.8. The van der Waals surface area contributed by atoms with Crippen molar-refractivity contribution < 1.29 is 36.6 Å². The number of methoxy groups -OCH3 is 1. The maximum atomic E-state index is 14.5. The van der Waals surface area contributed by atoms with Gasteiger partial charge in [-0.15, -0.1) is 0 Å². The lowest BCUT2D eigenvalue weighted by Crippen LogP contribution is -2.40. The molecule has 0 bridgehead atoms. The van der Waals surface area contributed by atoms with Gasteiger partial charge >= 0.3 is 18.3 Å². The summed E-state index contributed by atoms with van der Waals surface area (Å²) in [6.45, 7) is 4.18. The Kier molecular flexibility index (Phi) is 6.61. The Labute approximate surface area is 165 Å². The number of urea groups is 1. The maximum absolute atomic E-state index is 14.5. The fourth-order valence-corrected chi connectivity index (χ4v) is 2.79. The molecule has 29 heavy (non-hydrogen) atoms. The minimum Gasteiger partial charge on any atom is -0.444 e. The normalized spacial score (nSPS) is 18.4. The van der Waals surface area contributed by atoms with E-state index >= 15 is 0 Å². The van der Waals surface area contributed by atoms with Crippen LogP contribution in [0.5, 0.6) is 0 Å². The van der Waals surface area contributed by atoms with E-state index in [1.807, 2.05) is 5.32 Å². The quantitative estimate of drug-likeness (QED) is 0.709. The van der Waals surface area contributed by atoms with Gasteiger partial charge in [0.2, 0.25) is 0 Å². The second kappa shape index (κ2) is 8.44. The van der Waals surface area contributed by atoms with Crippen molar-refractivity contribution in [1.29, 1.82) is 0 Å². The van der Waals surface area contributed by atoms with E-state index in [9.17, 15) is 27.2 Å². The molecule has 7 nitrogen and oxygen atoms in total. The highest BCUT2D eigenvalue weighted by molar-refractivity contribution is 5.85. The first kappa shape index (κ1) is 22.7. The molecule has 11 heteroatoms. The number of carbonyl (C=O) groups excluding carboxylic acids is 2. The second-order valence-corrected chi connectivity index (χ2v) is 7.53. The summed E-state index contributed by atoms with van der Waals surface area (Å²) in [5.41, 5.74) is -0.724. The van der Waals surface area contributed by atoms with Crippen LogP contribution in [0.2, 0.25) is 0 Å². The van der Waals surface area contributed by atoms with Crippen molar-refractivity contribution in [1.82, 2.24) is 10.2 Å². The predicted molar refractivity (Wildman–Crippen MR) is 96.0 cm³/mol. The van der Waals surface area contributed by atoms with Crippen LogP contribution in [-0.2, 0) is 9.47 Å². The molecule has 1 heterocycles. The smallest absolute Gasteiger partial charge is 0.412 e. The van der Waals surface area contributed by atoms with Gasteiger partial charge in [0, 0.05) is 7.11 Å². The van der Waals surface area contributed by atoms with E-state index in [1.54, 1.807) is 20.8 Å². The van der Waals surface area contributed by atoms with Gasteiger partial charge in [0.25, 0.3) is 0 Å². The van der Waals surface area contributed by atoms with Crippen LogP contribution in [-0.4, -0.2) is 55.1 Å². The molecule has 3 amide bonds. The van der Waals surface area contributed by atoms with Crippen LogP contribution in [0.3, 0.4) is 0 Å². The standard InChI is InChI=1S/C18H23F4N3O4/c1-17(2,3)29-16(27)23-12-6-5-10(7-11(12)19)13(9-28-4)25-8-14(18(20,21)22)24-15(25)26/h5-7,13-14H,8-9H2,1-4H3,(H,23,27)(H,24,26)/t13-,14-/m0/s1. The molecular weight excluding hydrogens is 398 g/mol. The van der Waals surface area contributed by atoms with E-state index in [1.165, 1.54) is 19.2 Å². The highest BCUT2D eigenvalue weighted by Crippen LogP contribution is 2.31. The predicted octanol–water partition coefficient (Wildman–Crippen LogP) is 3.82. The van der Waals surface area contributed by atoms with Crippen molar-refractivity contribution in [3.05, 3.63) is 29.6 Å². The Morgan fingerprint density at radius 3 is 2.48 bits per heavy atom. The topological polar surface area (TPSA) is 79.9 Å². The number of rotatable bonds is 5. The van der Waals surface area contributed by atoms with Gasteiger partial charge in [-0.05, 0) is 38.5 Å². The minimum absolute atomic E-state index is 0.143. The summed E-state index contributed by atoms with van der Waals surface area (Å²) in [7, 11) is 1.32. The Morgan fingerprint density at radius 1 is 1.34 bits per heavy atom. The Balaban J connectivity index is 2.21. The Bertz CT molecular complexity index is 764. The third-order valence-corrected chi connectivity index (χ3v) is 4.05. The summed E-state index contributed by atoms with van der Waals surface area (Å²) in [6.07, 6.45) is -5.46. The lowest BCUT2D eigenvalue weighted by atomic mass is 10.0. The molecule has 0 saturated carbocycles. The number of carbonyl (C=O) groups is 2. The summed E-state index contributed by atoms with van der Waals surface area (Å²) in [5.74, 6) is -0.832. The van der Waals surface area contributed by atoms with Crippen LogP contribution < -0.4 is 10.6 Å². The summed E-state index contributed by atoms with van der Waals surface area (Å²) < 4.78 is 63.3. The molecule has 1 aromatic rings. The molecule has 2 atom stereocenters. The van der Waals surface area contributed by atoms with Gasteiger partial charge < -0.3 is 19.7 Å². The van der Waals surface area contributed by atoms with Crippen LogP contribution >= 0.6 is 0 Å². The highest BCUT2D eigenvalue weighted by atomic mass is 19.4. The van der Waals surface area contributed by atoms with Crippen LogP contribution in [0.25, 0.3) is 0 Å². The lowest BCUT2D eigenvalue weighted by molar-refractivity contribution is -0.150. The molecule has 2 N–H and O–H groups in total. The van der Waals surface area contributed by atoms with E-state index < -0.39 is 48.3 Å². The first-order valence-electron chi connectivity index (χ1n) is 8.74. The van der Waals surface area contributed by atoms with E-state index in [2.05, 4.69) is 5.32 Å². The average molecular weight is 421 g/mol. The van der Waals surface area contributed by atoms with E-state index in [-0.39, 0.29) is 17.9 Å². The zero-order chi connectivity index (χ0) is 22.0. The van der Waals surface area contributed by atoms with Crippen LogP contribution in [0.15, 0.2) is 18.2 Å².